The number of aryl methyl sites for hydroxylation is 1. The van der Waals surface area contributed by atoms with Gasteiger partial charge in [0.2, 0.25) is 0 Å². The summed E-state index contributed by atoms with van der Waals surface area (Å²) in [6, 6.07) is 7.98. The standard InChI is InChI=1S/C14H14O2/c1-9-3-5-11(6-4-9)12-7-8-13(16)14(12)10(2)15/h3-8,12,14H,1-2H3/t12-,14-/m0/s1. The minimum absolute atomic E-state index is 0.0550. The maximum Gasteiger partial charge on any atom is 0.166 e. The molecular weight excluding hydrogens is 200 g/mol. The van der Waals surface area contributed by atoms with Crippen LogP contribution in [0.2, 0.25) is 0 Å². The molecule has 0 saturated carbocycles. The molecule has 1 aromatic rings. The van der Waals surface area contributed by atoms with Crippen LogP contribution in [0, 0.1) is 12.8 Å². The van der Waals surface area contributed by atoms with E-state index in [1.807, 2.05) is 37.3 Å². The van der Waals surface area contributed by atoms with E-state index in [2.05, 4.69) is 0 Å². The lowest BCUT2D eigenvalue weighted by Gasteiger charge is -2.15. The SMILES string of the molecule is CC(=O)[C@@H]1C(=O)C=C[C@H]1c1ccc(C)cc1. The zero-order valence-corrected chi connectivity index (χ0v) is 9.44. The van der Waals surface area contributed by atoms with Gasteiger partial charge in [-0.2, -0.15) is 0 Å². The van der Waals surface area contributed by atoms with Crippen molar-refractivity contribution < 1.29 is 9.59 Å². The topological polar surface area (TPSA) is 34.1 Å². The van der Waals surface area contributed by atoms with Crippen molar-refractivity contribution in [2.75, 3.05) is 0 Å². The predicted molar refractivity (Wildman–Crippen MR) is 62.2 cm³/mol. The zero-order chi connectivity index (χ0) is 11.7. The Kier molecular flexibility index (Phi) is 2.73. The van der Waals surface area contributed by atoms with Gasteiger partial charge in [0, 0.05) is 5.92 Å². The summed E-state index contributed by atoms with van der Waals surface area (Å²) in [4.78, 5) is 23.0. The molecule has 0 unspecified atom stereocenters. The number of allylic oxidation sites excluding steroid dienone is 2. The predicted octanol–water partition coefficient (Wildman–Crippen LogP) is 2.42. The highest BCUT2D eigenvalue weighted by molar-refractivity contribution is 6.09. The zero-order valence-electron chi connectivity index (χ0n) is 9.44. The molecule has 0 saturated heterocycles. The number of carbonyl (C=O) groups is 2. The van der Waals surface area contributed by atoms with Crippen molar-refractivity contribution in [2.45, 2.75) is 19.8 Å². The third kappa shape index (κ3) is 1.83. The lowest BCUT2D eigenvalue weighted by molar-refractivity contribution is -0.128. The Balaban J connectivity index is 2.34. The Morgan fingerprint density at radius 2 is 1.81 bits per heavy atom. The first kappa shape index (κ1) is 10.8. The molecular formula is C14H14O2. The third-order valence-corrected chi connectivity index (χ3v) is 3.03. The Morgan fingerprint density at radius 3 is 2.38 bits per heavy atom. The fourth-order valence-electron chi connectivity index (χ4n) is 2.14. The molecule has 1 aliphatic rings. The van der Waals surface area contributed by atoms with E-state index in [0.717, 1.165) is 5.56 Å². The smallest absolute Gasteiger partial charge is 0.166 e. The third-order valence-electron chi connectivity index (χ3n) is 3.03. The van der Waals surface area contributed by atoms with Crippen molar-refractivity contribution in [1.29, 1.82) is 0 Å². The molecule has 0 aliphatic heterocycles. The molecule has 0 aromatic heterocycles. The van der Waals surface area contributed by atoms with Crippen molar-refractivity contribution in [2.24, 2.45) is 5.92 Å². The van der Waals surface area contributed by atoms with Crippen LogP contribution in [-0.4, -0.2) is 11.6 Å². The van der Waals surface area contributed by atoms with Crippen LogP contribution in [0.15, 0.2) is 36.4 Å². The lowest BCUT2D eigenvalue weighted by Crippen LogP contribution is -2.22. The second kappa shape index (κ2) is 4.05. The Bertz CT molecular complexity index is 454. The summed E-state index contributed by atoms with van der Waals surface area (Å²) in [5.41, 5.74) is 2.21. The average molecular weight is 214 g/mol. The maximum absolute atomic E-state index is 11.6. The summed E-state index contributed by atoms with van der Waals surface area (Å²) in [5, 5.41) is 0. The molecule has 2 nitrogen and oxygen atoms in total. The van der Waals surface area contributed by atoms with Gasteiger partial charge in [0.25, 0.3) is 0 Å². The van der Waals surface area contributed by atoms with Crippen LogP contribution in [0.25, 0.3) is 0 Å². The molecule has 0 N–H and O–H groups in total. The van der Waals surface area contributed by atoms with Crippen LogP contribution in [0.3, 0.4) is 0 Å². The van der Waals surface area contributed by atoms with Crippen LogP contribution < -0.4 is 0 Å². The summed E-state index contributed by atoms with van der Waals surface area (Å²) < 4.78 is 0. The van der Waals surface area contributed by atoms with Crippen LogP contribution in [0.5, 0.6) is 0 Å². The van der Waals surface area contributed by atoms with E-state index in [0.29, 0.717) is 0 Å². The highest BCUT2D eigenvalue weighted by Gasteiger charge is 2.34. The Labute approximate surface area is 95.0 Å². The largest absolute Gasteiger partial charge is 0.299 e. The quantitative estimate of drug-likeness (QED) is 0.708. The monoisotopic (exact) mass is 214 g/mol. The summed E-state index contributed by atoms with van der Waals surface area (Å²) in [7, 11) is 0. The number of ketones is 2. The molecule has 0 amide bonds. The molecule has 2 rings (SSSR count). The molecule has 1 aromatic carbocycles. The van der Waals surface area contributed by atoms with E-state index < -0.39 is 5.92 Å². The molecule has 16 heavy (non-hydrogen) atoms. The average Bonchev–Trinajstić information content (AvgIpc) is 2.61. The van der Waals surface area contributed by atoms with E-state index in [9.17, 15) is 9.59 Å². The fraction of sp³-hybridized carbons (Fsp3) is 0.286. The number of hydrogen-bond donors (Lipinski definition) is 0. The first-order valence-corrected chi connectivity index (χ1v) is 5.38. The molecule has 0 spiro atoms. The number of carbonyl (C=O) groups excluding carboxylic acids is 2. The molecule has 0 radical (unpaired) electrons. The van der Waals surface area contributed by atoms with Gasteiger partial charge < -0.3 is 0 Å². The van der Waals surface area contributed by atoms with Gasteiger partial charge in [0.05, 0.1) is 5.92 Å². The number of hydrogen-bond acceptors (Lipinski definition) is 2. The van der Waals surface area contributed by atoms with Crippen molar-refractivity contribution in [1.82, 2.24) is 0 Å². The van der Waals surface area contributed by atoms with Gasteiger partial charge in [0.1, 0.15) is 5.78 Å². The first-order chi connectivity index (χ1) is 7.59. The maximum atomic E-state index is 11.6. The highest BCUT2D eigenvalue weighted by atomic mass is 16.1. The normalized spacial score (nSPS) is 23.8. The van der Waals surface area contributed by atoms with Crippen molar-refractivity contribution in [3.63, 3.8) is 0 Å². The van der Waals surface area contributed by atoms with E-state index in [1.54, 1.807) is 0 Å². The molecule has 0 fully saturated rings. The first-order valence-electron chi connectivity index (χ1n) is 5.38. The van der Waals surface area contributed by atoms with Crippen molar-refractivity contribution in [3.8, 4) is 0 Å². The Hall–Kier alpha value is -1.70. The van der Waals surface area contributed by atoms with Crippen LogP contribution in [0.1, 0.15) is 24.0 Å². The second-order valence-electron chi connectivity index (χ2n) is 4.29. The van der Waals surface area contributed by atoms with Crippen LogP contribution in [-0.2, 0) is 9.59 Å². The molecule has 0 heterocycles. The summed E-state index contributed by atoms with van der Waals surface area (Å²) in [6.45, 7) is 3.50. The lowest BCUT2D eigenvalue weighted by atomic mass is 9.85. The molecule has 2 heteroatoms. The number of Topliss-reactive ketones (excluding diaryl/α,β-unsaturated/α-hetero) is 1. The minimum atomic E-state index is -0.511. The van der Waals surface area contributed by atoms with Gasteiger partial charge in [-0.25, -0.2) is 0 Å². The van der Waals surface area contributed by atoms with Crippen molar-refractivity contribution in [3.05, 3.63) is 47.5 Å². The highest BCUT2D eigenvalue weighted by Crippen LogP contribution is 2.32. The van der Waals surface area contributed by atoms with E-state index in [1.165, 1.54) is 18.6 Å². The summed E-state index contributed by atoms with van der Waals surface area (Å²) >= 11 is 0. The van der Waals surface area contributed by atoms with E-state index in [-0.39, 0.29) is 17.5 Å². The summed E-state index contributed by atoms with van der Waals surface area (Å²) in [6.07, 6.45) is 3.36. The van der Waals surface area contributed by atoms with Gasteiger partial charge in [-0.15, -0.1) is 0 Å². The molecule has 1 aliphatic carbocycles. The van der Waals surface area contributed by atoms with Gasteiger partial charge in [-0.3, -0.25) is 9.59 Å². The second-order valence-corrected chi connectivity index (χ2v) is 4.29. The minimum Gasteiger partial charge on any atom is -0.299 e. The van der Waals surface area contributed by atoms with Gasteiger partial charge in [-0.05, 0) is 25.5 Å². The molecule has 82 valence electrons. The molecule has 2 atom stereocenters. The fourth-order valence-corrected chi connectivity index (χ4v) is 2.14. The van der Waals surface area contributed by atoms with Crippen LogP contribution in [0.4, 0.5) is 0 Å². The number of benzene rings is 1. The molecule has 0 bridgehead atoms. The Morgan fingerprint density at radius 1 is 1.19 bits per heavy atom. The van der Waals surface area contributed by atoms with E-state index >= 15 is 0 Å². The summed E-state index contributed by atoms with van der Waals surface area (Å²) in [5.74, 6) is -0.716. The van der Waals surface area contributed by atoms with Crippen LogP contribution >= 0.6 is 0 Å². The van der Waals surface area contributed by atoms with Gasteiger partial charge >= 0.3 is 0 Å². The van der Waals surface area contributed by atoms with Gasteiger partial charge in [0.15, 0.2) is 5.78 Å². The number of rotatable bonds is 2. The van der Waals surface area contributed by atoms with Crippen molar-refractivity contribution >= 4 is 11.6 Å². The van der Waals surface area contributed by atoms with Gasteiger partial charge in [-0.1, -0.05) is 35.9 Å². The van der Waals surface area contributed by atoms with E-state index in [4.69, 9.17) is 0 Å².